The van der Waals surface area contributed by atoms with Crippen molar-refractivity contribution in [3.05, 3.63) is 36.0 Å². The number of nitrogens with zero attached hydrogens (tertiary/aromatic N) is 2. The van der Waals surface area contributed by atoms with Crippen molar-refractivity contribution in [1.82, 2.24) is 4.98 Å². The van der Waals surface area contributed by atoms with E-state index in [1.54, 1.807) is 0 Å². The molecule has 1 unspecified atom stereocenters. The summed E-state index contributed by atoms with van der Waals surface area (Å²) in [5.41, 5.74) is 6.97. The van der Waals surface area contributed by atoms with Gasteiger partial charge in [-0.1, -0.05) is 31.2 Å². The lowest BCUT2D eigenvalue weighted by atomic mass is 10.0. The maximum atomic E-state index is 5.83. The quantitative estimate of drug-likeness (QED) is 0.909. The molecule has 1 atom stereocenters. The molecule has 0 bridgehead atoms. The molecule has 1 aromatic heterocycles. The van der Waals surface area contributed by atoms with Gasteiger partial charge in [0.05, 0.1) is 0 Å². The van der Waals surface area contributed by atoms with Crippen molar-refractivity contribution in [3.63, 3.8) is 0 Å². The number of benzene rings is 1. The summed E-state index contributed by atoms with van der Waals surface area (Å²) >= 11 is 0. The third-order valence-corrected chi connectivity index (χ3v) is 4.39. The fourth-order valence-corrected chi connectivity index (χ4v) is 3.13. The van der Waals surface area contributed by atoms with Gasteiger partial charge in [0.2, 0.25) is 0 Å². The normalized spacial score (nSPS) is 20.1. The van der Waals surface area contributed by atoms with Crippen LogP contribution in [0.3, 0.4) is 0 Å². The summed E-state index contributed by atoms with van der Waals surface area (Å²) in [6, 6.07) is 8.50. The molecule has 1 aromatic carbocycles. The number of fused-ring (bicyclic) bond motifs is 1. The lowest BCUT2D eigenvalue weighted by molar-refractivity contribution is 0.521. The fraction of sp³-hybridized carbons (Fsp3) is 0.471. The van der Waals surface area contributed by atoms with Gasteiger partial charge in [0.1, 0.15) is 5.82 Å². The Labute approximate surface area is 120 Å². The van der Waals surface area contributed by atoms with E-state index in [2.05, 4.69) is 36.1 Å². The largest absolute Gasteiger partial charge is 0.356 e. The third-order valence-electron chi connectivity index (χ3n) is 4.39. The van der Waals surface area contributed by atoms with Gasteiger partial charge in [0, 0.05) is 31.2 Å². The number of nitrogens with two attached hydrogens (primary N) is 1. The lowest BCUT2D eigenvalue weighted by Crippen LogP contribution is -2.25. The van der Waals surface area contributed by atoms with E-state index in [4.69, 9.17) is 10.7 Å². The molecular formula is C17H23N3. The average Bonchev–Trinajstić information content (AvgIpc) is 2.71. The van der Waals surface area contributed by atoms with Crippen molar-refractivity contribution in [2.45, 2.75) is 32.7 Å². The predicted molar refractivity (Wildman–Crippen MR) is 84.9 cm³/mol. The molecule has 2 N–H and O–H groups in total. The fourth-order valence-electron chi connectivity index (χ4n) is 3.13. The molecule has 0 saturated carbocycles. The van der Waals surface area contributed by atoms with Crippen molar-refractivity contribution in [2.75, 3.05) is 18.0 Å². The molecule has 106 valence electrons. The SMILES string of the molecule is CC1CCCN(c2ncc(CN)c3ccccc23)CC1. The highest BCUT2D eigenvalue weighted by Crippen LogP contribution is 2.29. The smallest absolute Gasteiger partial charge is 0.136 e. The molecule has 2 heterocycles. The summed E-state index contributed by atoms with van der Waals surface area (Å²) in [4.78, 5) is 7.16. The summed E-state index contributed by atoms with van der Waals surface area (Å²) in [6.45, 7) is 5.13. The van der Waals surface area contributed by atoms with E-state index in [-0.39, 0.29) is 0 Å². The Morgan fingerprint density at radius 1 is 1.20 bits per heavy atom. The Morgan fingerprint density at radius 3 is 2.80 bits per heavy atom. The molecular weight excluding hydrogens is 246 g/mol. The predicted octanol–water partition coefficient (Wildman–Crippen LogP) is 3.32. The van der Waals surface area contributed by atoms with Gasteiger partial charge in [-0.3, -0.25) is 0 Å². The van der Waals surface area contributed by atoms with Gasteiger partial charge in [-0.15, -0.1) is 0 Å². The average molecular weight is 269 g/mol. The second kappa shape index (κ2) is 5.80. The van der Waals surface area contributed by atoms with Crippen LogP contribution < -0.4 is 10.6 Å². The Hall–Kier alpha value is -1.61. The van der Waals surface area contributed by atoms with Crippen molar-refractivity contribution in [3.8, 4) is 0 Å². The van der Waals surface area contributed by atoms with Gasteiger partial charge in [0.15, 0.2) is 0 Å². The van der Waals surface area contributed by atoms with E-state index in [1.807, 2.05) is 6.20 Å². The number of anilines is 1. The van der Waals surface area contributed by atoms with Crippen LogP contribution in [0.1, 0.15) is 31.7 Å². The van der Waals surface area contributed by atoms with Crippen LogP contribution in [0.15, 0.2) is 30.5 Å². The highest BCUT2D eigenvalue weighted by molar-refractivity contribution is 5.94. The first kappa shape index (κ1) is 13.4. The van der Waals surface area contributed by atoms with Gasteiger partial charge in [-0.05, 0) is 36.1 Å². The van der Waals surface area contributed by atoms with Gasteiger partial charge < -0.3 is 10.6 Å². The van der Waals surface area contributed by atoms with Crippen LogP contribution in [0, 0.1) is 5.92 Å². The summed E-state index contributed by atoms with van der Waals surface area (Å²) in [5, 5.41) is 2.49. The number of hydrogen-bond acceptors (Lipinski definition) is 3. The van der Waals surface area contributed by atoms with E-state index in [0.29, 0.717) is 6.54 Å². The summed E-state index contributed by atoms with van der Waals surface area (Å²) in [7, 11) is 0. The molecule has 1 saturated heterocycles. The molecule has 3 nitrogen and oxygen atoms in total. The van der Waals surface area contributed by atoms with E-state index < -0.39 is 0 Å². The van der Waals surface area contributed by atoms with Gasteiger partial charge in [-0.2, -0.15) is 0 Å². The molecule has 1 fully saturated rings. The summed E-state index contributed by atoms with van der Waals surface area (Å²) in [6.07, 6.45) is 5.80. The number of rotatable bonds is 2. The monoisotopic (exact) mass is 269 g/mol. The van der Waals surface area contributed by atoms with Crippen LogP contribution >= 0.6 is 0 Å². The Bertz CT molecular complexity index is 594. The maximum Gasteiger partial charge on any atom is 0.136 e. The molecule has 0 radical (unpaired) electrons. The van der Waals surface area contributed by atoms with E-state index >= 15 is 0 Å². The second-order valence-electron chi connectivity index (χ2n) is 5.88. The van der Waals surface area contributed by atoms with E-state index in [9.17, 15) is 0 Å². The maximum absolute atomic E-state index is 5.83. The minimum atomic E-state index is 0.546. The number of aromatic nitrogens is 1. The molecule has 0 aliphatic carbocycles. The minimum Gasteiger partial charge on any atom is -0.356 e. The van der Waals surface area contributed by atoms with Crippen LogP contribution in [0.5, 0.6) is 0 Å². The zero-order valence-corrected chi connectivity index (χ0v) is 12.2. The molecule has 0 amide bonds. The van der Waals surface area contributed by atoms with Crippen molar-refractivity contribution in [2.24, 2.45) is 11.7 Å². The van der Waals surface area contributed by atoms with Crippen LogP contribution in [-0.2, 0) is 6.54 Å². The summed E-state index contributed by atoms with van der Waals surface area (Å²) in [5.74, 6) is 1.96. The van der Waals surface area contributed by atoms with Crippen LogP contribution in [0.25, 0.3) is 10.8 Å². The second-order valence-corrected chi connectivity index (χ2v) is 5.88. The molecule has 3 heteroatoms. The van der Waals surface area contributed by atoms with Gasteiger partial charge >= 0.3 is 0 Å². The topological polar surface area (TPSA) is 42.2 Å². The highest BCUT2D eigenvalue weighted by Gasteiger charge is 2.17. The van der Waals surface area contributed by atoms with Crippen LogP contribution in [0.4, 0.5) is 5.82 Å². The molecule has 0 spiro atoms. The van der Waals surface area contributed by atoms with Crippen molar-refractivity contribution in [1.29, 1.82) is 0 Å². The van der Waals surface area contributed by atoms with E-state index in [1.165, 1.54) is 30.0 Å². The first-order valence-corrected chi connectivity index (χ1v) is 7.61. The molecule has 3 rings (SSSR count). The molecule has 1 aliphatic rings. The molecule has 1 aliphatic heterocycles. The number of pyridine rings is 1. The third kappa shape index (κ3) is 2.50. The zero-order valence-electron chi connectivity index (χ0n) is 12.2. The van der Waals surface area contributed by atoms with Gasteiger partial charge in [-0.25, -0.2) is 4.98 Å². The Kier molecular flexibility index (Phi) is 3.88. The van der Waals surface area contributed by atoms with Crippen molar-refractivity contribution < 1.29 is 0 Å². The highest BCUT2D eigenvalue weighted by atomic mass is 15.2. The van der Waals surface area contributed by atoms with Crippen LogP contribution in [-0.4, -0.2) is 18.1 Å². The molecule has 2 aromatic rings. The minimum absolute atomic E-state index is 0.546. The zero-order chi connectivity index (χ0) is 13.9. The van der Waals surface area contributed by atoms with Crippen LogP contribution in [0.2, 0.25) is 0 Å². The van der Waals surface area contributed by atoms with Crippen molar-refractivity contribution >= 4 is 16.6 Å². The first-order chi connectivity index (χ1) is 9.79. The molecule has 20 heavy (non-hydrogen) atoms. The summed E-state index contributed by atoms with van der Waals surface area (Å²) < 4.78 is 0. The van der Waals surface area contributed by atoms with Gasteiger partial charge in [0.25, 0.3) is 0 Å². The lowest BCUT2D eigenvalue weighted by Gasteiger charge is -2.23. The van der Waals surface area contributed by atoms with E-state index in [0.717, 1.165) is 30.4 Å². The number of hydrogen-bond donors (Lipinski definition) is 1. The Balaban J connectivity index is 2.03. The standard InChI is InChI=1S/C17H23N3/c1-13-5-4-9-20(10-8-13)17-16-7-3-2-6-15(16)14(11-18)12-19-17/h2-3,6-7,12-13H,4-5,8-11,18H2,1H3. The first-order valence-electron chi connectivity index (χ1n) is 7.61. The Morgan fingerprint density at radius 2 is 2.00 bits per heavy atom.